The maximum Gasteiger partial charge on any atom is 0.225 e. The molecule has 1 aromatic rings. The average molecular weight is 356 g/mol. The molecule has 116 valence electrons. The SMILES string of the molecule is CC(C)C(N)CC(=O)N1CCN(c2ncc(Br)cn2)CC1. The van der Waals surface area contributed by atoms with Crippen molar-refractivity contribution in [2.24, 2.45) is 11.7 Å². The van der Waals surface area contributed by atoms with Crippen LogP contribution in [0.5, 0.6) is 0 Å². The molecule has 1 amide bonds. The zero-order valence-corrected chi connectivity index (χ0v) is 14.1. The van der Waals surface area contributed by atoms with Crippen molar-refractivity contribution in [3.8, 4) is 0 Å². The summed E-state index contributed by atoms with van der Waals surface area (Å²) in [5.74, 6) is 1.18. The Hall–Kier alpha value is -1.21. The Labute approximate surface area is 133 Å². The molecule has 1 atom stereocenters. The summed E-state index contributed by atoms with van der Waals surface area (Å²) in [6.07, 6.45) is 3.90. The van der Waals surface area contributed by atoms with Crippen molar-refractivity contribution in [3.05, 3.63) is 16.9 Å². The van der Waals surface area contributed by atoms with E-state index in [0.717, 1.165) is 17.6 Å². The van der Waals surface area contributed by atoms with Crippen LogP contribution in [0, 0.1) is 5.92 Å². The topological polar surface area (TPSA) is 75.4 Å². The first-order valence-electron chi connectivity index (χ1n) is 7.23. The minimum atomic E-state index is -0.0645. The predicted molar refractivity (Wildman–Crippen MR) is 86.0 cm³/mol. The van der Waals surface area contributed by atoms with Crippen LogP contribution in [0.1, 0.15) is 20.3 Å². The number of nitrogens with zero attached hydrogens (tertiary/aromatic N) is 4. The molecule has 7 heteroatoms. The fraction of sp³-hybridized carbons (Fsp3) is 0.643. The molecule has 1 unspecified atom stereocenters. The first kappa shape index (κ1) is 16.2. The molecule has 0 radical (unpaired) electrons. The lowest BCUT2D eigenvalue weighted by Crippen LogP contribution is -2.50. The van der Waals surface area contributed by atoms with Gasteiger partial charge in [0.15, 0.2) is 0 Å². The van der Waals surface area contributed by atoms with E-state index in [4.69, 9.17) is 5.73 Å². The van der Waals surface area contributed by atoms with E-state index < -0.39 is 0 Å². The standard InChI is InChI=1S/C14H22BrN5O/c1-10(2)12(16)7-13(21)19-3-5-20(6-4-19)14-17-8-11(15)9-18-14/h8-10,12H,3-7,16H2,1-2H3. The summed E-state index contributed by atoms with van der Waals surface area (Å²) in [4.78, 5) is 24.7. The molecule has 21 heavy (non-hydrogen) atoms. The summed E-state index contributed by atoms with van der Waals surface area (Å²) in [6.45, 7) is 6.99. The minimum absolute atomic E-state index is 0.0645. The van der Waals surface area contributed by atoms with Crippen LogP contribution >= 0.6 is 15.9 Å². The summed E-state index contributed by atoms with van der Waals surface area (Å²) in [7, 11) is 0. The molecule has 1 aromatic heterocycles. The highest BCUT2D eigenvalue weighted by molar-refractivity contribution is 9.10. The number of carbonyl (C=O) groups excluding carboxylic acids is 1. The predicted octanol–water partition coefficient (Wildman–Crippen LogP) is 1.26. The van der Waals surface area contributed by atoms with E-state index in [1.807, 2.05) is 18.7 Å². The van der Waals surface area contributed by atoms with Crippen molar-refractivity contribution in [2.45, 2.75) is 26.3 Å². The largest absolute Gasteiger partial charge is 0.339 e. The van der Waals surface area contributed by atoms with Crippen molar-refractivity contribution < 1.29 is 4.79 Å². The second kappa shape index (κ2) is 7.17. The van der Waals surface area contributed by atoms with Crippen molar-refractivity contribution in [1.29, 1.82) is 0 Å². The molecule has 2 rings (SSSR count). The van der Waals surface area contributed by atoms with Gasteiger partial charge in [0, 0.05) is 51.0 Å². The number of piperazine rings is 1. The van der Waals surface area contributed by atoms with E-state index in [0.29, 0.717) is 31.4 Å². The van der Waals surface area contributed by atoms with Crippen molar-refractivity contribution in [2.75, 3.05) is 31.1 Å². The number of halogens is 1. The van der Waals surface area contributed by atoms with Gasteiger partial charge < -0.3 is 15.5 Å². The number of hydrogen-bond acceptors (Lipinski definition) is 5. The van der Waals surface area contributed by atoms with Crippen LogP contribution in [0.2, 0.25) is 0 Å². The zero-order chi connectivity index (χ0) is 15.4. The van der Waals surface area contributed by atoms with Crippen LogP contribution in [-0.4, -0.2) is 53.0 Å². The van der Waals surface area contributed by atoms with E-state index in [1.54, 1.807) is 12.4 Å². The average Bonchev–Trinajstić information content (AvgIpc) is 2.48. The quantitative estimate of drug-likeness (QED) is 0.879. The lowest BCUT2D eigenvalue weighted by Gasteiger charge is -2.35. The third kappa shape index (κ3) is 4.38. The normalized spacial score (nSPS) is 17.2. The molecule has 1 saturated heterocycles. The zero-order valence-electron chi connectivity index (χ0n) is 12.5. The molecule has 6 nitrogen and oxygen atoms in total. The van der Waals surface area contributed by atoms with Crippen LogP contribution in [0.4, 0.5) is 5.95 Å². The van der Waals surface area contributed by atoms with Crippen LogP contribution in [0.3, 0.4) is 0 Å². The number of aromatic nitrogens is 2. The lowest BCUT2D eigenvalue weighted by atomic mass is 10.0. The number of amides is 1. The van der Waals surface area contributed by atoms with E-state index in [1.165, 1.54) is 0 Å². The molecule has 1 aliphatic rings. The van der Waals surface area contributed by atoms with Gasteiger partial charge in [0.25, 0.3) is 0 Å². The number of carbonyl (C=O) groups is 1. The molecule has 0 aromatic carbocycles. The molecule has 0 spiro atoms. The Morgan fingerprint density at radius 1 is 1.29 bits per heavy atom. The maximum absolute atomic E-state index is 12.2. The van der Waals surface area contributed by atoms with E-state index in [2.05, 4.69) is 30.8 Å². The van der Waals surface area contributed by atoms with Gasteiger partial charge in [-0.25, -0.2) is 9.97 Å². The summed E-state index contributed by atoms with van der Waals surface area (Å²) in [6, 6.07) is -0.0645. The smallest absolute Gasteiger partial charge is 0.225 e. The van der Waals surface area contributed by atoms with Crippen molar-refractivity contribution in [1.82, 2.24) is 14.9 Å². The Balaban J connectivity index is 1.85. The number of hydrogen-bond donors (Lipinski definition) is 1. The number of nitrogens with two attached hydrogens (primary N) is 1. The summed E-state index contributed by atoms with van der Waals surface area (Å²) in [5.41, 5.74) is 5.97. The third-order valence-corrected chi connectivity index (χ3v) is 4.20. The van der Waals surface area contributed by atoms with E-state index >= 15 is 0 Å². The Kier molecular flexibility index (Phi) is 5.52. The first-order chi connectivity index (χ1) is 9.97. The first-order valence-corrected chi connectivity index (χ1v) is 8.02. The summed E-state index contributed by atoms with van der Waals surface area (Å²) >= 11 is 3.32. The highest BCUT2D eigenvalue weighted by Gasteiger charge is 2.24. The van der Waals surface area contributed by atoms with Gasteiger partial charge in [-0.2, -0.15) is 0 Å². The fourth-order valence-electron chi connectivity index (χ4n) is 2.19. The third-order valence-electron chi connectivity index (χ3n) is 3.79. The number of rotatable bonds is 4. The Morgan fingerprint density at radius 2 is 1.86 bits per heavy atom. The van der Waals surface area contributed by atoms with Crippen LogP contribution in [-0.2, 0) is 4.79 Å². The van der Waals surface area contributed by atoms with Gasteiger partial charge in [0.1, 0.15) is 0 Å². The summed E-state index contributed by atoms with van der Waals surface area (Å²) < 4.78 is 0.864. The van der Waals surface area contributed by atoms with Gasteiger partial charge >= 0.3 is 0 Å². The van der Waals surface area contributed by atoms with Gasteiger partial charge in [-0.1, -0.05) is 13.8 Å². The minimum Gasteiger partial charge on any atom is -0.339 e. The highest BCUT2D eigenvalue weighted by atomic mass is 79.9. The van der Waals surface area contributed by atoms with Gasteiger partial charge in [0.2, 0.25) is 11.9 Å². The Morgan fingerprint density at radius 3 is 2.38 bits per heavy atom. The molecule has 0 saturated carbocycles. The number of anilines is 1. The van der Waals surface area contributed by atoms with Gasteiger partial charge in [0.05, 0.1) is 4.47 Å². The molecule has 1 aliphatic heterocycles. The summed E-state index contributed by atoms with van der Waals surface area (Å²) in [5, 5.41) is 0. The monoisotopic (exact) mass is 355 g/mol. The molecule has 2 N–H and O–H groups in total. The molecular formula is C14H22BrN5O. The van der Waals surface area contributed by atoms with Crippen LogP contribution in [0.25, 0.3) is 0 Å². The molecular weight excluding hydrogens is 334 g/mol. The lowest BCUT2D eigenvalue weighted by molar-refractivity contribution is -0.132. The maximum atomic E-state index is 12.2. The highest BCUT2D eigenvalue weighted by Crippen LogP contribution is 2.14. The molecule has 0 bridgehead atoms. The second-order valence-corrected chi connectivity index (χ2v) is 6.60. The van der Waals surface area contributed by atoms with Crippen LogP contribution < -0.4 is 10.6 Å². The van der Waals surface area contributed by atoms with Crippen molar-refractivity contribution >= 4 is 27.8 Å². The van der Waals surface area contributed by atoms with E-state index in [-0.39, 0.29) is 11.9 Å². The molecule has 1 fully saturated rings. The Bertz CT molecular complexity index is 471. The van der Waals surface area contributed by atoms with Gasteiger partial charge in [-0.05, 0) is 21.8 Å². The second-order valence-electron chi connectivity index (χ2n) is 5.68. The fourth-order valence-corrected chi connectivity index (χ4v) is 2.40. The van der Waals surface area contributed by atoms with Gasteiger partial charge in [-0.15, -0.1) is 0 Å². The van der Waals surface area contributed by atoms with Crippen LogP contribution in [0.15, 0.2) is 16.9 Å². The van der Waals surface area contributed by atoms with E-state index in [9.17, 15) is 4.79 Å². The molecule has 2 heterocycles. The molecule has 0 aliphatic carbocycles. The van der Waals surface area contributed by atoms with Gasteiger partial charge in [-0.3, -0.25) is 4.79 Å². The van der Waals surface area contributed by atoms with Crippen molar-refractivity contribution in [3.63, 3.8) is 0 Å².